The summed E-state index contributed by atoms with van der Waals surface area (Å²) in [5, 5.41) is 2.55. The molecule has 0 saturated carbocycles. The highest BCUT2D eigenvalue weighted by atomic mass is 127. The Hall–Kier alpha value is -0.970. The molecule has 0 bridgehead atoms. The van der Waals surface area contributed by atoms with E-state index in [1.54, 1.807) is 0 Å². The van der Waals surface area contributed by atoms with Crippen molar-refractivity contribution in [3.05, 3.63) is 0 Å². The lowest BCUT2D eigenvalue weighted by atomic mass is 10.2. The number of nitrogens with two attached hydrogens (primary N) is 1. The van der Waals surface area contributed by atoms with Crippen molar-refractivity contribution in [2.24, 2.45) is 10.7 Å². The molecule has 1 aliphatic rings. The Morgan fingerprint density at radius 1 is 1.33 bits per heavy atom. The second kappa shape index (κ2) is 10.00. The molecule has 5 nitrogen and oxygen atoms in total. The molecule has 1 saturated heterocycles. The summed E-state index contributed by atoms with van der Waals surface area (Å²) in [7, 11) is 0. The summed E-state index contributed by atoms with van der Waals surface area (Å²) in [5.41, 5.74) is 5.85. The minimum absolute atomic E-state index is 0. The van der Waals surface area contributed by atoms with Gasteiger partial charge in [-0.2, -0.15) is 0 Å². The van der Waals surface area contributed by atoms with E-state index >= 15 is 0 Å². The van der Waals surface area contributed by atoms with E-state index in [4.69, 9.17) is 12.2 Å². The van der Waals surface area contributed by atoms with E-state index in [0.29, 0.717) is 5.96 Å². The van der Waals surface area contributed by atoms with Crippen LogP contribution in [0.2, 0.25) is 0 Å². The van der Waals surface area contributed by atoms with E-state index < -0.39 is 0 Å². The molecule has 0 atom stereocenters. The van der Waals surface area contributed by atoms with Crippen LogP contribution in [0, 0.1) is 12.3 Å². The van der Waals surface area contributed by atoms with Crippen molar-refractivity contribution in [3.8, 4) is 12.3 Å². The fraction of sp³-hybridized carbons (Fsp3) is 0.667. The summed E-state index contributed by atoms with van der Waals surface area (Å²) >= 11 is 0. The molecule has 1 amide bonds. The highest BCUT2D eigenvalue weighted by Gasteiger charge is 2.11. The maximum absolute atomic E-state index is 11.3. The van der Waals surface area contributed by atoms with Crippen molar-refractivity contribution in [2.75, 3.05) is 26.2 Å². The Bertz CT molecular complexity index is 317. The summed E-state index contributed by atoms with van der Waals surface area (Å²) in [6.45, 7) is 2.14. The van der Waals surface area contributed by atoms with E-state index in [-0.39, 0.29) is 43.0 Å². The Kier molecular flexibility index (Phi) is 9.46. The van der Waals surface area contributed by atoms with E-state index in [1.165, 1.54) is 12.8 Å². The van der Waals surface area contributed by atoms with Gasteiger partial charge in [-0.3, -0.25) is 4.79 Å². The van der Waals surface area contributed by atoms with Crippen molar-refractivity contribution in [1.29, 1.82) is 0 Å². The first-order valence-electron chi connectivity index (χ1n) is 5.99. The third-order valence-electron chi connectivity index (χ3n) is 2.70. The van der Waals surface area contributed by atoms with Gasteiger partial charge in [-0.25, -0.2) is 4.99 Å². The molecule has 3 N–H and O–H groups in total. The number of nitrogens with zero attached hydrogens (tertiary/aromatic N) is 2. The third-order valence-corrected chi connectivity index (χ3v) is 2.70. The quantitative estimate of drug-likeness (QED) is 0.333. The molecule has 0 aliphatic carbocycles. The van der Waals surface area contributed by atoms with Gasteiger partial charge >= 0.3 is 0 Å². The second-order valence-corrected chi connectivity index (χ2v) is 4.06. The molecule has 6 heteroatoms. The number of hydrogen-bond donors (Lipinski definition) is 2. The first-order valence-corrected chi connectivity index (χ1v) is 5.99. The Morgan fingerprint density at radius 3 is 2.50 bits per heavy atom. The third kappa shape index (κ3) is 6.69. The van der Waals surface area contributed by atoms with Gasteiger partial charge in [-0.05, 0) is 12.8 Å². The number of likely N-dealkylation sites (tertiary alicyclic amines) is 1. The highest BCUT2D eigenvalue weighted by molar-refractivity contribution is 14.0. The van der Waals surface area contributed by atoms with Crippen LogP contribution in [0.25, 0.3) is 0 Å². The maximum Gasteiger partial charge on any atom is 0.242 e. The smallest absolute Gasteiger partial charge is 0.242 e. The van der Waals surface area contributed by atoms with Crippen LogP contribution in [0.3, 0.4) is 0 Å². The molecular weight excluding hydrogens is 343 g/mol. The molecule has 0 radical (unpaired) electrons. The maximum atomic E-state index is 11.3. The number of rotatable bonds is 3. The molecule has 1 fully saturated rings. The first kappa shape index (κ1) is 17.0. The summed E-state index contributed by atoms with van der Waals surface area (Å²) in [6, 6.07) is 0. The minimum Gasteiger partial charge on any atom is -0.370 e. The van der Waals surface area contributed by atoms with Crippen LogP contribution in [0.5, 0.6) is 0 Å². The zero-order valence-electron chi connectivity index (χ0n) is 10.5. The number of nitrogens with one attached hydrogen (secondary N) is 1. The number of amides is 1. The zero-order valence-corrected chi connectivity index (χ0v) is 12.9. The van der Waals surface area contributed by atoms with Gasteiger partial charge in [-0.1, -0.05) is 18.8 Å². The Labute approximate surface area is 126 Å². The molecule has 0 spiro atoms. The van der Waals surface area contributed by atoms with Crippen LogP contribution in [0.1, 0.15) is 25.7 Å². The van der Waals surface area contributed by atoms with Gasteiger partial charge in [-0.15, -0.1) is 30.4 Å². The molecule has 102 valence electrons. The molecule has 18 heavy (non-hydrogen) atoms. The van der Waals surface area contributed by atoms with Crippen LogP contribution in [0.4, 0.5) is 0 Å². The molecule has 1 rings (SSSR count). The number of hydrogen-bond acceptors (Lipinski definition) is 2. The number of carbonyl (C=O) groups is 1. The largest absolute Gasteiger partial charge is 0.370 e. The van der Waals surface area contributed by atoms with Crippen LogP contribution in [-0.4, -0.2) is 42.9 Å². The highest BCUT2D eigenvalue weighted by Crippen LogP contribution is 2.08. The van der Waals surface area contributed by atoms with Crippen LogP contribution < -0.4 is 11.1 Å². The normalized spacial score (nSPS) is 16.2. The van der Waals surface area contributed by atoms with Crippen molar-refractivity contribution < 1.29 is 4.79 Å². The van der Waals surface area contributed by atoms with Gasteiger partial charge in [0.15, 0.2) is 5.96 Å². The Balaban J connectivity index is 0.00000289. The van der Waals surface area contributed by atoms with Crippen LogP contribution in [-0.2, 0) is 4.79 Å². The van der Waals surface area contributed by atoms with Crippen molar-refractivity contribution in [1.82, 2.24) is 10.2 Å². The van der Waals surface area contributed by atoms with Gasteiger partial charge in [0, 0.05) is 13.1 Å². The molecule has 1 heterocycles. The van der Waals surface area contributed by atoms with Crippen molar-refractivity contribution in [3.63, 3.8) is 0 Å². The lowest BCUT2D eigenvalue weighted by Crippen LogP contribution is -2.39. The lowest BCUT2D eigenvalue weighted by Gasteiger charge is -2.20. The first-order chi connectivity index (χ1) is 8.24. The van der Waals surface area contributed by atoms with Crippen LogP contribution in [0.15, 0.2) is 4.99 Å². The Morgan fingerprint density at radius 2 is 1.94 bits per heavy atom. The van der Waals surface area contributed by atoms with Gasteiger partial charge in [0.05, 0.1) is 6.54 Å². The predicted molar refractivity (Wildman–Crippen MR) is 83.8 cm³/mol. The molecular formula is C12H21IN4O. The number of guanidine groups is 1. The van der Waals surface area contributed by atoms with E-state index in [9.17, 15) is 4.79 Å². The van der Waals surface area contributed by atoms with Gasteiger partial charge in [0.25, 0.3) is 0 Å². The second-order valence-electron chi connectivity index (χ2n) is 4.06. The average Bonchev–Trinajstić information content (AvgIpc) is 2.62. The van der Waals surface area contributed by atoms with E-state index in [2.05, 4.69) is 16.2 Å². The summed E-state index contributed by atoms with van der Waals surface area (Å²) in [6.07, 6.45) is 9.80. The molecule has 0 unspecified atom stereocenters. The molecule has 1 aliphatic heterocycles. The predicted octanol–water partition coefficient (Wildman–Crippen LogP) is 0.544. The zero-order chi connectivity index (χ0) is 12.5. The summed E-state index contributed by atoms with van der Waals surface area (Å²) < 4.78 is 0. The number of carbonyl (C=O) groups excluding carboxylic acids is 1. The van der Waals surface area contributed by atoms with E-state index in [0.717, 1.165) is 25.9 Å². The topological polar surface area (TPSA) is 70.7 Å². The van der Waals surface area contributed by atoms with Crippen molar-refractivity contribution >= 4 is 35.8 Å². The SMILES string of the molecule is C#CCNC(=O)CN=C(N)N1CCCCCC1.I. The lowest BCUT2D eigenvalue weighted by molar-refractivity contribution is -0.119. The van der Waals surface area contributed by atoms with Gasteiger partial charge in [0.1, 0.15) is 6.54 Å². The standard InChI is InChI=1S/C12H20N4O.HI/c1-2-7-14-11(17)10-15-12(13)16-8-5-3-4-6-9-16;/h1H,3-10H2,(H2,13,15)(H,14,17);1H. The molecule has 0 aromatic rings. The number of aliphatic imine (C=N–C) groups is 1. The van der Waals surface area contributed by atoms with Gasteiger partial charge in [0.2, 0.25) is 5.91 Å². The van der Waals surface area contributed by atoms with Gasteiger partial charge < -0.3 is 16.0 Å². The molecule has 0 aromatic heterocycles. The fourth-order valence-corrected chi connectivity index (χ4v) is 1.76. The monoisotopic (exact) mass is 364 g/mol. The van der Waals surface area contributed by atoms with Crippen molar-refractivity contribution in [2.45, 2.75) is 25.7 Å². The number of terminal acetylenes is 1. The summed E-state index contributed by atoms with van der Waals surface area (Å²) in [5.74, 6) is 2.60. The van der Waals surface area contributed by atoms with Crippen LogP contribution >= 0.6 is 24.0 Å². The fourth-order valence-electron chi connectivity index (χ4n) is 1.76. The minimum atomic E-state index is -0.194. The number of halogens is 1. The molecule has 0 aromatic carbocycles. The van der Waals surface area contributed by atoms with E-state index in [1.807, 2.05) is 4.90 Å². The average molecular weight is 364 g/mol. The summed E-state index contributed by atoms with van der Waals surface area (Å²) in [4.78, 5) is 17.4.